The zero-order chi connectivity index (χ0) is 15.2. The molecule has 0 spiro atoms. The van der Waals surface area contributed by atoms with Crippen LogP contribution in [0.5, 0.6) is 0 Å². The van der Waals surface area contributed by atoms with E-state index in [0.717, 1.165) is 48.9 Å². The molecule has 0 atom stereocenters. The minimum Gasteiger partial charge on any atom is -0.317 e. The number of hydrogen-bond acceptors (Lipinski definition) is 4. The quantitative estimate of drug-likeness (QED) is 0.628. The van der Waals surface area contributed by atoms with E-state index in [2.05, 4.69) is 33.1 Å². The Labute approximate surface area is 134 Å². The van der Waals surface area contributed by atoms with Gasteiger partial charge in [0.2, 0.25) is 0 Å². The van der Waals surface area contributed by atoms with Gasteiger partial charge in [0.1, 0.15) is 0 Å². The number of nitrogens with one attached hydrogen (secondary N) is 1. The number of piperidine rings is 1. The molecule has 1 aliphatic heterocycles. The van der Waals surface area contributed by atoms with Crippen molar-refractivity contribution in [3.05, 3.63) is 38.3 Å². The lowest BCUT2D eigenvalue weighted by Crippen LogP contribution is -2.43. The number of benzene rings is 1. The van der Waals surface area contributed by atoms with Gasteiger partial charge in [0.25, 0.3) is 5.69 Å². The van der Waals surface area contributed by atoms with Crippen molar-refractivity contribution in [2.45, 2.75) is 38.8 Å². The van der Waals surface area contributed by atoms with Crippen molar-refractivity contribution < 1.29 is 4.92 Å². The molecule has 5 nitrogen and oxygen atoms in total. The molecule has 2 rings (SSSR count). The van der Waals surface area contributed by atoms with Gasteiger partial charge in [-0.15, -0.1) is 0 Å². The van der Waals surface area contributed by atoms with E-state index >= 15 is 0 Å². The van der Waals surface area contributed by atoms with Crippen LogP contribution in [-0.2, 0) is 6.54 Å². The van der Waals surface area contributed by atoms with Crippen LogP contribution in [0.4, 0.5) is 5.69 Å². The topological polar surface area (TPSA) is 58.4 Å². The van der Waals surface area contributed by atoms with Crippen LogP contribution >= 0.6 is 15.9 Å². The third kappa shape index (κ3) is 4.49. The summed E-state index contributed by atoms with van der Waals surface area (Å²) in [5.74, 6) is 0. The van der Waals surface area contributed by atoms with E-state index in [-0.39, 0.29) is 10.6 Å². The predicted octanol–water partition coefficient (Wildman–Crippen LogP) is 3.32. The summed E-state index contributed by atoms with van der Waals surface area (Å²) in [6.45, 7) is 5.87. The number of rotatable bonds is 6. The van der Waals surface area contributed by atoms with E-state index in [1.54, 1.807) is 6.07 Å². The fraction of sp³-hybridized carbons (Fsp3) is 0.600. The monoisotopic (exact) mass is 355 g/mol. The van der Waals surface area contributed by atoms with Crippen molar-refractivity contribution in [2.24, 2.45) is 0 Å². The molecule has 21 heavy (non-hydrogen) atoms. The second-order valence-electron chi connectivity index (χ2n) is 5.48. The number of hydrogen-bond donors (Lipinski definition) is 1. The Morgan fingerprint density at radius 2 is 2.14 bits per heavy atom. The molecular weight excluding hydrogens is 334 g/mol. The molecule has 0 unspecified atom stereocenters. The third-order valence-electron chi connectivity index (χ3n) is 3.95. The Bertz CT molecular complexity index is 490. The maximum Gasteiger partial charge on any atom is 0.275 e. The highest BCUT2D eigenvalue weighted by Crippen LogP contribution is 2.26. The van der Waals surface area contributed by atoms with Crippen molar-refractivity contribution in [3.63, 3.8) is 0 Å². The summed E-state index contributed by atoms with van der Waals surface area (Å²) in [7, 11) is 0. The third-order valence-corrected chi connectivity index (χ3v) is 4.45. The van der Waals surface area contributed by atoms with Crippen molar-refractivity contribution in [3.8, 4) is 0 Å². The molecule has 6 heteroatoms. The number of nitro groups is 1. The average molecular weight is 356 g/mol. The molecule has 0 aliphatic carbocycles. The summed E-state index contributed by atoms with van der Waals surface area (Å²) in [6.07, 6.45) is 3.29. The van der Waals surface area contributed by atoms with Crippen LogP contribution < -0.4 is 5.32 Å². The second-order valence-corrected chi connectivity index (χ2v) is 6.40. The fourth-order valence-corrected chi connectivity index (χ4v) is 3.26. The molecule has 0 amide bonds. The van der Waals surface area contributed by atoms with Crippen molar-refractivity contribution in [1.82, 2.24) is 10.2 Å². The predicted molar refractivity (Wildman–Crippen MR) is 87.4 cm³/mol. The van der Waals surface area contributed by atoms with Gasteiger partial charge >= 0.3 is 0 Å². The normalized spacial score (nSPS) is 16.3. The first-order valence-corrected chi connectivity index (χ1v) is 8.28. The van der Waals surface area contributed by atoms with Gasteiger partial charge in [0, 0.05) is 28.7 Å². The van der Waals surface area contributed by atoms with Gasteiger partial charge in [-0.05, 0) is 51.0 Å². The summed E-state index contributed by atoms with van der Waals surface area (Å²) >= 11 is 3.31. The van der Waals surface area contributed by atoms with Crippen LogP contribution in [0.2, 0.25) is 0 Å². The first-order chi connectivity index (χ1) is 10.1. The smallest absolute Gasteiger partial charge is 0.275 e. The van der Waals surface area contributed by atoms with E-state index in [4.69, 9.17) is 0 Å². The molecule has 1 aliphatic rings. The number of nitrogens with zero attached hydrogens (tertiary/aromatic N) is 2. The summed E-state index contributed by atoms with van der Waals surface area (Å²) in [5, 5.41) is 14.6. The van der Waals surface area contributed by atoms with Crippen molar-refractivity contribution in [1.29, 1.82) is 0 Å². The second kappa shape index (κ2) is 7.87. The standard InChI is InChI=1S/C15H22BrN3O2/c1-2-9-18(14-5-7-17-8-6-14)11-12-3-4-13(16)10-15(12)19(20)21/h3-4,10,14,17H,2,5-9,11H2,1H3. The highest BCUT2D eigenvalue weighted by atomic mass is 79.9. The zero-order valence-corrected chi connectivity index (χ0v) is 13.9. The molecule has 1 aromatic rings. The molecule has 1 heterocycles. The Morgan fingerprint density at radius 1 is 1.43 bits per heavy atom. The van der Waals surface area contributed by atoms with Crippen molar-refractivity contribution >= 4 is 21.6 Å². The van der Waals surface area contributed by atoms with Gasteiger partial charge in [-0.2, -0.15) is 0 Å². The molecular formula is C15H22BrN3O2. The van der Waals surface area contributed by atoms with Gasteiger partial charge in [0.15, 0.2) is 0 Å². The van der Waals surface area contributed by atoms with E-state index < -0.39 is 0 Å². The largest absolute Gasteiger partial charge is 0.317 e. The lowest BCUT2D eigenvalue weighted by atomic mass is 10.0. The highest BCUT2D eigenvalue weighted by Gasteiger charge is 2.23. The van der Waals surface area contributed by atoms with Crippen LogP contribution in [0.15, 0.2) is 22.7 Å². The maximum absolute atomic E-state index is 11.2. The SMILES string of the molecule is CCCN(Cc1ccc(Br)cc1[N+](=O)[O-])C1CCNCC1. The lowest BCUT2D eigenvalue weighted by Gasteiger charge is -2.34. The summed E-state index contributed by atoms with van der Waals surface area (Å²) in [5.41, 5.74) is 1.01. The first kappa shape index (κ1) is 16.4. The summed E-state index contributed by atoms with van der Waals surface area (Å²) in [4.78, 5) is 13.4. The first-order valence-electron chi connectivity index (χ1n) is 7.49. The molecule has 1 N–H and O–H groups in total. The Balaban J connectivity index is 2.17. The molecule has 0 radical (unpaired) electrons. The molecule has 0 aromatic heterocycles. The van der Waals surface area contributed by atoms with Crippen LogP contribution in [0.3, 0.4) is 0 Å². The molecule has 116 valence electrons. The van der Waals surface area contributed by atoms with Gasteiger partial charge in [-0.25, -0.2) is 0 Å². The van der Waals surface area contributed by atoms with Crippen LogP contribution in [0, 0.1) is 10.1 Å². The molecule has 0 saturated carbocycles. The van der Waals surface area contributed by atoms with Gasteiger partial charge < -0.3 is 5.32 Å². The Morgan fingerprint density at radius 3 is 2.76 bits per heavy atom. The van der Waals surface area contributed by atoms with Crippen LogP contribution in [0.25, 0.3) is 0 Å². The number of nitro benzene ring substituents is 1. The van der Waals surface area contributed by atoms with Gasteiger partial charge in [-0.1, -0.05) is 22.9 Å². The van der Waals surface area contributed by atoms with E-state index in [1.165, 1.54) is 0 Å². The van der Waals surface area contributed by atoms with Crippen LogP contribution in [0.1, 0.15) is 31.7 Å². The summed E-state index contributed by atoms with van der Waals surface area (Å²) < 4.78 is 0.752. The van der Waals surface area contributed by atoms with E-state index in [0.29, 0.717) is 12.6 Å². The Hall–Kier alpha value is -0.980. The van der Waals surface area contributed by atoms with Gasteiger partial charge in [-0.3, -0.25) is 15.0 Å². The van der Waals surface area contributed by atoms with E-state index in [9.17, 15) is 10.1 Å². The fourth-order valence-electron chi connectivity index (χ4n) is 2.91. The van der Waals surface area contributed by atoms with Crippen molar-refractivity contribution in [2.75, 3.05) is 19.6 Å². The summed E-state index contributed by atoms with van der Waals surface area (Å²) in [6, 6.07) is 5.87. The average Bonchev–Trinajstić information content (AvgIpc) is 2.49. The minimum atomic E-state index is -0.285. The Kier molecular flexibility index (Phi) is 6.14. The number of halogens is 1. The maximum atomic E-state index is 11.2. The lowest BCUT2D eigenvalue weighted by molar-refractivity contribution is -0.385. The molecule has 0 bridgehead atoms. The molecule has 1 saturated heterocycles. The minimum absolute atomic E-state index is 0.208. The van der Waals surface area contributed by atoms with Gasteiger partial charge in [0.05, 0.1) is 4.92 Å². The molecule has 1 aromatic carbocycles. The van der Waals surface area contributed by atoms with E-state index in [1.807, 2.05) is 12.1 Å². The molecule has 1 fully saturated rings. The zero-order valence-electron chi connectivity index (χ0n) is 12.3. The highest BCUT2D eigenvalue weighted by molar-refractivity contribution is 9.10. The van der Waals surface area contributed by atoms with Crippen LogP contribution in [-0.4, -0.2) is 35.5 Å².